The number of ether oxygens (including phenoxy) is 2. The first kappa shape index (κ1) is 18.7. The SMILES string of the molecule is CCc1ccc([C@@H](CNS(=O)(=O)c2ccc3c(c2)OCO3)N(C)C)cc1. The van der Waals surface area contributed by atoms with Gasteiger partial charge in [0.1, 0.15) is 0 Å². The van der Waals surface area contributed by atoms with Gasteiger partial charge in [0.05, 0.1) is 4.90 Å². The van der Waals surface area contributed by atoms with Crippen molar-refractivity contribution in [2.45, 2.75) is 24.3 Å². The van der Waals surface area contributed by atoms with Crippen LogP contribution in [0.15, 0.2) is 47.4 Å². The number of likely N-dealkylation sites (N-methyl/N-ethyl adjacent to an activating group) is 1. The molecule has 2 aromatic carbocycles. The quantitative estimate of drug-likeness (QED) is 0.804. The average molecular weight is 376 g/mol. The lowest BCUT2D eigenvalue weighted by molar-refractivity contribution is 0.174. The summed E-state index contributed by atoms with van der Waals surface area (Å²) in [7, 11) is 0.232. The van der Waals surface area contributed by atoms with E-state index in [1.54, 1.807) is 6.07 Å². The molecule has 0 bridgehead atoms. The van der Waals surface area contributed by atoms with E-state index in [9.17, 15) is 8.42 Å². The third-order valence-corrected chi connectivity index (χ3v) is 5.94. The fraction of sp³-hybridized carbons (Fsp3) is 0.368. The van der Waals surface area contributed by atoms with Crippen molar-refractivity contribution in [3.63, 3.8) is 0 Å². The molecular formula is C19H24N2O4S. The zero-order valence-electron chi connectivity index (χ0n) is 15.2. The van der Waals surface area contributed by atoms with Crippen LogP contribution in [-0.2, 0) is 16.4 Å². The Morgan fingerprint density at radius 2 is 1.77 bits per heavy atom. The Kier molecular flexibility index (Phi) is 5.50. The van der Waals surface area contributed by atoms with Crippen LogP contribution in [0, 0.1) is 0 Å². The largest absolute Gasteiger partial charge is 0.454 e. The molecule has 0 saturated carbocycles. The van der Waals surface area contributed by atoms with Crippen LogP contribution in [0.3, 0.4) is 0 Å². The number of sulfonamides is 1. The number of nitrogens with zero attached hydrogens (tertiary/aromatic N) is 1. The van der Waals surface area contributed by atoms with E-state index in [4.69, 9.17) is 9.47 Å². The first-order chi connectivity index (χ1) is 12.4. The van der Waals surface area contributed by atoms with Gasteiger partial charge in [0.25, 0.3) is 0 Å². The number of hydrogen-bond donors (Lipinski definition) is 1. The molecule has 1 aliphatic heterocycles. The van der Waals surface area contributed by atoms with Crippen molar-refractivity contribution in [3.05, 3.63) is 53.6 Å². The second-order valence-corrected chi connectivity index (χ2v) is 8.21. The lowest BCUT2D eigenvalue weighted by Crippen LogP contribution is -2.34. The summed E-state index contributed by atoms with van der Waals surface area (Å²) >= 11 is 0. The lowest BCUT2D eigenvalue weighted by atomic mass is 10.0. The van der Waals surface area contributed by atoms with Gasteiger partial charge in [-0.1, -0.05) is 31.2 Å². The molecule has 1 N–H and O–H groups in total. The number of fused-ring (bicyclic) bond motifs is 1. The highest BCUT2D eigenvalue weighted by molar-refractivity contribution is 7.89. The van der Waals surface area contributed by atoms with E-state index >= 15 is 0 Å². The van der Waals surface area contributed by atoms with Crippen molar-refractivity contribution in [3.8, 4) is 11.5 Å². The van der Waals surface area contributed by atoms with E-state index < -0.39 is 10.0 Å². The van der Waals surface area contributed by atoms with E-state index in [2.05, 4.69) is 35.9 Å². The van der Waals surface area contributed by atoms with Gasteiger partial charge in [-0.3, -0.25) is 0 Å². The van der Waals surface area contributed by atoms with Gasteiger partial charge in [0.15, 0.2) is 11.5 Å². The first-order valence-electron chi connectivity index (χ1n) is 8.55. The minimum atomic E-state index is -3.64. The second kappa shape index (κ2) is 7.65. The molecule has 0 saturated heterocycles. The van der Waals surface area contributed by atoms with Crippen LogP contribution in [0.4, 0.5) is 0 Å². The minimum Gasteiger partial charge on any atom is -0.454 e. The van der Waals surface area contributed by atoms with Gasteiger partial charge < -0.3 is 14.4 Å². The molecule has 1 heterocycles. The van der Waals surface area contributed by atoms with Crippen molar-refractivity contribution in [2.24, 2.45) is 0 Å². The second-order valence-electron chi connectivity index (χ2n) is 6.44. The average Bonchev–Trinajstić information content (AvgIpc) is 3.10. The molecule has 7 heteroatoms. The van der Waals surface area contributed by atoms with Crippen LogP contribution in [0.25, 0.3) is 0 Å². The van der Waals surface area contributed by atoms with Crippen molar-refractivity contribution in [2.75, 3.05) is 27.4 Å². The molecule has 0 aliphatic carbocycles. The topological polar surface area (TPSA) is 67.9 Å². The molecule has 0 aromatic heterocycles. The van der Waals surface area contributed by atoms with Crippen LogP contribution in [0.2, 0.25) is 0 Å². The van der Waals surface area contributed by atoms with Crippen LogP contribution in [0.1, 0.15) is 24.1 Å². The zero-order valence-corrected chi connectivity index (χ0v) is 16.0. The monoisotopic (exact) mass is 376 g/mol. The molecule has 2 aromatic rings. The zero-order chi connectivity index (χ0) is 18.7. The smallest absolute Gasteiger partial charge is 0.240 e. The van der Waals surface area contributed by atoms with Gasteiger partial charge in [-0.05, 0) is 43.8 Å². The maximum Gasteiger partial charge on any atom is 0.240 e. The van der Waals surface area contributed by atoms with E-state index in [1.165, 1.54) is 17.7 Å². The van der Waals surface area contributed by atoms with Gasteiger partial charge in [-0.15, -0.1) is 0 Å². The van der Waals surface area contributed by atoms with Gasteiger partial charge in [0.2, 0.25) is 16.8 Å². The maximum atomic E-state index is 12.7. The molecule has 6 nitrogen and oxygen atoms in total. The van der Waals surface area contributed by atoms with Crippen LogP contribution < -0.4 is 14.2 Å². The molecule has 0 fully saturated rings. The van der Waals surface area contributed by atoms with E-state index in [0.717, 1.165) is 12.0 Å². The van der Waals surface area contributed by atoms with Gasteiger partial charge >= 0.3 is 0 Å². The number of aryl methyl sites for hydroxylation is 1. The van der Waals surface area contributed by atoms with Crippen molar-refractivity contribution in [1.29, 1.82) is 0 Å². The minimum absolute atomic E-state index is 0.0651. The summed E-state index contributed by atoms with van der Waals surface area (Å²) in [6.45, 7) is 2.50. The summed E-state index contributed by atoms with van der Waals surface area (Å²) in [5.41, 5.74) is 2.33. The Hall–Kier alpha value is -2.09. The summed E-state index contributed by atoms with van der Waals surface area (Å²) in [6.07, 6.45) is 0.976. The third-order valence-electron chi connectivity index (χ3n) is 4.52. The summed E-state index contributed by atoms with van der Waals surface area (Å²) in [6, 6.07) is 12.8. The van der Waals surface area contributed by atoms with Crippen LogP contribution >= 0.6 is 0 Å². The van der Waals surface area contributed by atoms with E-state index in [-0.39, 0.29) is 24.3 Å². The molecule has 0 spiro atoms. The van der Waals surface area contributed by atoms with Crippen molar-refractivity contribution >= 4 is 10.0 Å². The molecule has 0 unspecified atom stereocenters. The number of hydrogen-bond acceptors (Lipinski definition) is 5. The molecule has 1 atom stereocenters. The highest BCUT2D eigenvalue weighted by Gasteiger charge is 2.22. The van der Waals surface area contributed by atoms with Gasteiger partial charge in [0, 0.05) is 18.7 Å². The van der Waals surface area contributed by atoms with Gasteiger partial charge in [-0.25, -0.2) is 13.1 Å². The van der Waals surface area contributed by atoms with Crippen LogP contribution in [-0.4, -0.2) is 40.8 Å². The summed E-state index contributed by atoms with van der Waals surface area (Å²) < 4.78 is 38.5. The normalized spacial score (nSPS) is 14.6. The first-order valence-corrected chi connectivity index (χ1v) is 10.0. The van der Waals surface area contributed by atoms with Crippen LogP contribution in [0.5, 0.6) is 11.5 Å². The van der Waals surface area contributed by atoms with Crippen molar-refractivity contribution < 1.29 is 17.9 Å². The van der Waals surface area contributed by atoms with E-state index in [0.29, 0.717) is 11.5 Å². The molecule has 140 valence electrons. The number of nitrogens with one attached hydrogen (secondary N) is 1. The van der Waals surface area contributed by atoms with E-state index in [1.807, 2.05) is 19.0 Å². The highest BCUT2D eigenvalue weighted by atomic mass is 32.2. The molecule has 26 heavy (non-hydrogen) atoms. The highest BCUT2D eigenvalue weighted by Crippen LogP contribution is 2.33. The Morgan fingerprint density at radius 1 is 1.08 bits per heavy atom. The Bertz CT molecular complexity index is 864. The maximum absolute atomic E-state index is 12.7. The summed E-state index contributed by atoms with van der Waals surface area (Å²) in [5, 5.41) is 0. The Morgan fingerprint density at radius 3 is 2.42 bits per heavy atom. The van der Waals surface area contributed by atoms with Gasteiger partial charge in [-0.2, -0.15) is 0 Å². The molecule has 0 radical (unpaired) electrons. The molecule has 0 amide bonds. The predicted octanol–water partition coefficient (Wildman–Crippen LogP) is 2.56. The third kappa shape index (κ3) is 4.00. The van der Waals surface area contributed by atoms with Crippen molar-refractivity contribution in [1.82, 2.24) is 9.62 Å². The standard InChI is InChI=1S/C19H24N2O4S/c1-4-14-5-7-15(8-6-14)17(21(2)3)12-20-26(22,23)16-9-10-18-19(11-16)25-13-24-18/h5-11,17,20H,4,12-13H2,1-3H3/t17-/m1/s1. The predicted molar refractivity (Wildman–Crippen MR) is 100 cm³/mol. The molecule has 3 rings (SSSR count). The number of rotatable bonds is 7. The Labute approximate surface area is 154 Å². The number of benzene rings is 2. The summed E-state index contributed by atoms with van der Waals surface area (Å²) in [4.78, 5) is 2.17. The Balaban J connectivity index is 1.75. The lowest BCUT2D eigenvalue weighted by Gasteiger charge is -2.25. The fourth-order valence-corrected chi connectivity index (χ4v) is 3.94. The molecule has 1 aliphatic rings. The fourth-order valence-electron chi connectivity index (χ4n) is 2.89. The molecular weight excluding hydrogens is 352 g/mol. The summed E-state index contributed by atoms with van der Waals surface area (Å²) in [5.74, 6) is 1.01.